The second-order valence-corrected chi connectivity index (χ2v) is 4.40. The topological polar surface area (TPSA) is 76.7 Å². The van der Waals surface area contributed by atoms with E-state index in [2.05, 4.69) is 36.2 Å². The average Bonchev–Trinajstić information content (AvgIpc) is 2.28. The zero-order valence-electron chi connectivity index (χ0n) is 9.26. The molecular formula is C11H12BrN5. The highest BCUT2D eigenvalue weighted by atomic mass is 79.9. The molecule has 0 fully saturated rings. The lowest BCUT2D eigenvalue weighted by molar-refractivity contribution is 0.852. The Bertz CT molecular complexity index is 482. The maximum absolute atomic E-state index is 5.64. The van der Waals surface area contributed by atoms with Crippen LogP contribution in [0.5, 0.6) is 0 Å². The molecule has 0 saturated carbocycles. The Morgan fingerprint density at radius 3 is 2.88 bits per heavy atom. The van der Waals surface area contributed by atoms with Crippen LogP contribution >= 0.6 is 15.9 Å². The second kappa shape index (κ2) is 5.09. The summed E-state index contributed by atoms with van der Waals surface area (Å²) in [5.74, 6) is 0.918. The van der Waals surface area contributed by atoms with Gasteiger partial charge in [-0.3, -0.25) is 4.98 Å². The number of pyridine rings is 1. The maximum atomic E-state index is 5.64. The minimum atomic E-state index is 0.0670. The van der Waals surface area contributed by atoms with Gasteiger partial charge in [-0.1, -0.05) is 6.07 Å². The number of nitrogens with two attached hydrogens (primary N) is 1. The van der Waals surface area contributed by atoms with Crippen molar-refractivity contribution in [1.82, 2.24) is 15.0 Å². The van der Waals surface area contributed by atoms with Gasteiger partial charge in [0.2, 0.25) is 5.95 Å². The van der Waals surface area contributed by atoms with E-state index >= 15 is 0 Å². The SMILES string of the molecule is CC(Nc1nc(N)cc(Br)n1)c1cccnc1. The Balaban J connectivity index is 2.16. The van der Waals surface area contributed by atoms with Crippen LogP contribution in [0.2, 0.25) is 0 Å². The van der Waals surface area contributed by atoms with Gasteiger partial charge in [-0.15, -0.1) is 0 Å². The van der Waals surface area contributed by atoms with E-state index in [1.165, 1.54) is 0 Å². The lowest BCUT2D eigenvalue weighted by Crippen LogP contribution is -2.10. The molecular weight excluding hydrogens is 282 g/mol. The number of nitrogens with one attached hydrogen (secondary N) is 1. The fraction of sp³-hybridized carbons (Fsp3) is 0.182. The fourth-order valence-electron chi connectivity index (χ4n) is 1.41. The Morgan fingerprint density at radius 1 is 1.41 bits per heavy atom. The molecule has 88 valence electrons. The van der Waals surface area contributed by atoms with Crippen molar-refractivity contribution in [2.75, 3.05) is 11.1 Å². The molecule has 1 unspecified atom stereocenters. The van der Waals surface area contributed by atoms with E-state index in [0.717, 1.165) is 5.56 Å². The van der Waals surface area contributed by atoms with Gasteiger partial charge < -0.3 is 11.1 Å². The van der Waals surface area contributed by atoms with E-state index in [-0.39, 0.29) is 6.04 Å². The van der Waals surface area contributed by atoms with Crippen molar-refractivity contribution in [3.05, 3.63) is 40.8 Å². The van der Waals surface area contributed by atoms with Crippen molar-refractivity contribution >= 4 is 27.7 Å². The van der Waals surface area contributed by atoms with Gasteiger partial charge in [-0.25, -0.2) is 4.98 Å². The summed E-state index contributed by atoms with van der Waals surface area (Å²) in [5.41, 5.74) is 6.70. The molecule has 1 atom stereocenters. The molecule has 0 bridgehead atoms. The molecule has 2 aromatic rings. The van der Waals surface area contributed by atoms with Crippen LogP contribution < -0.4 is 11.1 Å². The van der Waals surface area contributed by atoms with Gasteiger partial charge in [0.25, 0.3) is 0 Å². The number of rotatable bonds is 3. The standard InChI is InChI=1S/C11H12BrN5/c1-7(8-3-2-4-14-6-8)15-11-16-9(12)5-10(13)17-11/h2-7H,1H3,(H3,13,15,16,17). The first-order chi connectivity index (χ1) is 8.15. The molecule has 2 rings (SSSR count). The van der Waals surface area contributed by atoms with Crippen molar-refractivity contribution in [3.63, 3.8) is 0 Å². The van der Waals surface area contributed by atoms with E-state index in [4.69, 9.17) is 5.73 Å². The monoisotopic (exact) mass is 293 g/mol. The number of nitrogen functional groups attached to an aromatic ring is 1. The minimum Gasteiger partial charge on any atom is -0.383 e. The van der Waals surface area contributed by atoms with Crippen LogP contribution in [0.1, 0.15) is 18.5 Å². The fourth-order valence-corrected chi connectivity index (χ4v) is 1.81. The Morgan fingerprint density at radius 2 is 2.24 bits per heavy atom. The van der Waals surface area contributed by atoms with Crippen molar-refractivity contribution < 1.29 is 0 Å². The average molecular weight is 294 g/mol. The largest absolute Gasteiger partial charge is 0.383 e. The molecule has 17 heavy (non-hydrogen) atoms. The summed E-state index contributed by atoms with van der Waals surface area (Å²) in [4.78, 5) is 12.4. The lowest BCUT2D eigenvalue weighted by atomic mass is 10.1. The molecule has 0 spiro atoms. The van der Waals surface area contributed by atoms with Crippen molar-refractivity contribution in [2.45, 2.75) is 13.0 Å². The molecule has 6 heteroatoms. The van der Waals surface area contributed by atoms with Gasteiger partial charge in [-0.05, 0) is 34.5 Å². The normalized spacial score (nSPS) is 12.1. The van der Waals surface area contributed by atoms with E-state index < -0.39 is 0 Å². The summed E-state index contributed by atoms with van der Waals surface area (Å²) in [6.07, 6.45) is 3.54. The highest BCUT2D eigenvalue weighted by molar-refractivity contribution is 9.10. The van der Waals surface area contributed by atoms with Crippen LogP contribution in [0.4, 0.5) is 11.8 Å². The molecule has 0 radical (unpaired) electrons. The first-order valence-electron chi connectivity index (χ1n) is 5.11. The van der Waals surface area contributed by atoms with E-state index in [1.807, 2.05) is 19.1 Å². The zero-order valence-corrected chi connectivity index (χ0v) is 10.8. The van der Waals surface area contributed by atoms with Crippen LogP contribution in [-0.4, -0.2) is 15.0 Å². The van der Waals surface area contributed by atoms with E-state index in [9.17, 15) is 0 Å². The molecule has 3 N–H and O–H groups in total. The zero-order chi connectivity index (χ0) is 12.3. The second-order valence-electron chi connectivity index (χ2n) is 3.59. The minimum absolute atomic E-state index is 0.0670. The molecule has 2 aromatic heterocycles. The lowest BCUT2D eigenvalue weighted by Gasteiger charge is -2.13. The van der Waals surface area contributed by atoms with Crippen molar-refractivity contribution in [1.29, 1.82) is 0 Å². The van der Waals surface area contributed by atoms with Crippen LogP contribution in [-0.2, 0) is 0 Å². The quantitative estimate of drug-likeness (QED) is 0.850. The Hall–Kier alpha value is -1.69. The van der Waals surface area contributed by atoms with Crippen LogP contribution in [0.3, 0.4) is 0 Å². The molecule has 0 aliphatic carbocycles. The molecule has 0 amide bonds. The maximum Gasteiger partial charge on any atom is 0.226 e. The van der Waals surface area contributed by atoms with E-state index in [0.29, 0.717) is 16.4 Å². The van der Waals surface area contributed by atoms with Crippen molar-refractivity contribution in [2.24, 2.45) is 0 Å². The summed E-state index contributed by atoms with van der Waals surface area (Å²) in [6.45, 7) is 2.01. The van der Waals surface area contributed by atoms with Crippen LogP contribution in [0.15, 0.2) is 35.2 Å². The highest BCUT2D eigenvalue weighted by Crippen LogP contribution is 2.18. The predicted molar refractivity (Wildman–Crippen MR) is 70.4 cm³/mol. The number of aromatic nitrogens is 3. The first-order valence-corrected chi connectivity index (χ1v) is 5.91. The molecule has 0 aromatic carbocycles. The molecule has 0 saturated heterocycles. The Kier molecular flexibility index (Phi) is 3.53. The summed E-state index contributed by atoms with van der Waals surface area (Å²) >= 11 is 3.28. The van der Waals surface area contributed by atoms with Gasteiger partial charge in [-0.2, -0.15) is 4.98 Å². The number of halogens is 1. The third-order valence-corrected chi connectivity index (χ3v) is 2.65. The van der Waals surface area contributed by atoms with E-state index in [1.54, 1.807) is 18.5 Å². The number of anilines is 2. The summed E-state index contributed by atoms with van der Waals surface area (Å²) in [5, 5.41) is 3.17. The van der Waals surface area contributed by atoms with Crippen molar-refractivity contribution in [3.8, 4) is 0 Å². The summed E-state index contributed by atoms with van der Waals surface area (Å²) in [7, 11) is 0. The molecule has 0 aliphatic rings. The van der Waals surface area contributed by atoms with Gasteiger partial charge in [0.05, 0.1) is 6.04 Å². The predicted octanol–water partition coefficient (Wildman–Crippen LogP) is 2.39. The highest BCUT2D eigenvalue weighted by Gasteiger charge is 2.07. The van der Waals surface area contributed by atoms with Crippen LogP contribution in [0.25, 0.3) is 0 Å². The van der Waals surface area contributed by atoms with Gasteiger partial charge in [0.15, 0.2) is 0 Å². The smallest absolute Gasteiger partial charge is 0.226 e. The van der Waals surface area contributed by atoms with Crippen LogP contribution in [0, 0.1) is 0 Å². The summed E-state index contributed by atoms with van der Waals surface area (Å²) < 4.78 is 0.658. The third-order valence-electron chi connectivity index (χ3n) is 2.24. The van der Waals surface area contributed by atoms with Gasteiger partial charge in [0, 0.05) is 18.5 Å². The molecule has 0 aliphatic heterocycles. The number of hydrogen-bond acceptors (Lipinski definition) is 5. The molecule has 2 heterocycles. The third kappa shape index (κ3) is 3.13. The Labute approximate surface area is 108 Å². The first kappa shape index (κ1) is 11.8. The van der Waals surface area contributed by atoms with Gasteiger partial charge >= 0.3 is 0 Å². The number of nitrogens with zero attached hydrogens (tertiary/aromatic N) is 3. The number of hydrogen-bond donors (Lipinski definition) is 2. The van der Waals surface area contributed by atoms with Gasteiger partial charge in [0.1, 0.15) is 10.4 Å². The summed E-state index contributed by atoms with van der Waals surface area (Å²) in [6, 6.07) is 5.60. The molecule has 5 nitrogen and oxygen atoms in total.